The molecule has 1 N–H and O–H groups in total. The molecule has 172 valence electrons. The van der Waals surface area contributed by atoms with Gasteiger partial charge in [0.15, 0.2) is 0 Å². The Morgan fingerprint density at radius 1 is 1.12 bits per heavy atom. The minimum absolute atomic E-state index is 0.00987. The second-order valence-electron chi connectivity index (χ2n) is 8.28. The zero-order valence-corrected chi connectivity index (χ0v) is 19.3. The zero-order valence-electron chi connectivity index (χ0n) is 18.5. The van der Waals surface area contributed by atoms with Gasteiger partial charge in [0, 0.05) is 18.2 Å². The number of hydrogen-bond donors (Lipinski definition) is 1. The first-order valence-electron chi connectivity index (χ1n) is 11.1. The van der Waals surface area contributed by atoms with E-state index in [0.717, 1.165) is 22.4 Å². The lowest BCUT2D eigenvalue weighted by Gasteiger charge is -2.31. The predicted octanol–water partition coefficient (Wildman–Crippen LogP) is 2.60. The standard InChI is InChI=1S/C24H30N2O5S/c1-3-32(28,29)25-21-11-12-26-22(21)16-18-7-6-8-19(15-18)20-9-4-5-10-23(20)31-14-13-30-17(2)24(26)27/h4-10,15,17,21-22,25H,3,11-14,16H2,1-2H3/t17-,21?,22?/m0/s1. The number of ether oxygens (including phenoxy) is 2. The minimum Gasteiger partial charge on any atom is -0.491 e. The number of carbonyl (C=O) groups is 1. The third kappa shape index (κ3) is 4.98. The Kier molecular flexibility index (Phi) is 6.83. The van der Waals surface area contributed by atoms with Gasteiger partial charge in [-0.15, -0.1) is 0 Å². The molecule has 7 nitrogen and oxygen atoms in total. The van der Waals surface area contributed by atoms with E-state index >= 15 is 0 Å². The van der Waals surface area contributed by atoms with E-state index in [1.165, 1.54) is 0 Å². The third-order valence-corrected chi connectivity index (χ3v) is 7.59. The number of fused-ring (bicyclic) bond motifs is 5. The molecule has 1 saturated heterocycles. The molecule has 2 aromatic carbocycles. The van der Waals surface area contributed by atoms with E-state index < -0.39 is 16.1 Å². The van der Waals surface area contributed by atoms with Crippen LogP contribution in [0, 0.1) is 0 Å². The van der Waals surface area contributed by atoms with Crippen molar-refractivity contribution in [2.75, 3.05) is 25.5 Å². The first kappa shape index (κ1) is 22.8. The molecule has 1 fully saturated rings. The Morgan fingerprint density at radius 3 is 2.75 bits per heavy atom. The van der Waals surface area contributed by atoms with Gasteiger partial charge in [-0.3, -0.25) is 4.79 Å². The lowest BCUT2D eigenvalue weighted by molar-refractivity contribution is -0.144. The van der Waals surface area contributed by atoms with Gasteiger partial charge in [-0.25, -0.2) is 13.1 Å². The van der Waals surface area contributed by atoms with Gasteiger partial charge < -0.3 is 14.4 Å². The van der Waals surface area contributed by atoms with E-state index in [1.807, 2.05) is 42.5 Å². The summed E-state index contributed by atoms with van der Waals surface area (Å²) in [5.74, 6) is 0.651. The first-order valence-corrected chi connectivity index (χ1v) is 12.8. The first-order chi connectivity index (χ1) is 15.4. The number of carbonyl (C=O) groups excluding carboxylic acids is 1. The van der Waals surface area contributed by atoms with Crippen LogP contribution in [0.25, 0.3) is 11.1 Å². The van der Waals surface area contributed by atoms with Crippen LogP contribution in [0.15, 0.2) is 48.5 Å². The Hall–Kier alpha value is -2.42. The van der Waals surface area contributed by atoms with Crippen molar-refractivity contribution < 1.29 is 22.7 Å². The Bertz CT molecular complexity index is 1070. The van der Waals surface area contributed by atoms with Crippen molar-refractivity contribution in [1.29, 1.82) is 0 Å². The number of para-hydroxylation sites is 1. The topological polar surface area (TPSA) is 84.9 Å². The number of nitrogens with zero attached hydrogens (tertiary/aromatic N) is 1. The van der Waals surface area contributed by atoms with Crippen LogP contribution >= 0.6 is 0 Å². The monoisotopic (exact) mass is 458 g/mol. The summed E-state index contributed by atoms with van der Waals surface area (Å²) in [6, 6.07) is 15.4. The SMILES string of the molecule is CCS(=O)(=O)NC1CCN2C(=O)[C@H](C)OCCOc3ccccc3-c3cccc(c3)CC12. The molecule has 0 radical (unpaired) electrons. The molecule has 1 amide bonds. The predicted molar refractivity (Wildman–Crippen MR) is 123 cm³/mol. The maximum atomic E-state index is 13.2. The van der Waals surface area contributed by atoms with Crippen LogP contribution in [0.1, 0.15) is 25.8 Å². The maximum Gasteiger partial charge on any atom is 0.251 e. The fourth-order valence-electron chi connectivity index (χ4n) is 4.45. The Morgan fingerprint density at radius 2 is 1.94 bits per heavy atom. The normalized spacial score (nSPS) is 24.2. The molecule has 3 atom stereocenters. The molecule has 2 unspecified atom stereocenters. The molecule has 4 rings (SSSR count). The maximum absolute atomic E-state index is 13.2. The van der Waals surface area contributed by atoms with Crippen LogP contribution in [0.3, 0.4) is 0 Å². The highest BCUT2D eigenvalue weighted by atomic mass is 32.2. The van der Waals surface area contributed by atoms with Gasteiger partial charge in [-0.05, 0) is 43.9 Å². The Labute approximate surface area is 189 Å². The molecule has 32 heavy (non-hydrogen) atoms. The van der Waals surface area contributed by atoms with Gasteiger partial charge in [-0.1, -0.05) is 42.5 Å². The van der Waals surface area contributed by atoms with E-state index in [-0.39, 0.29) is 30.4 Å². The molecule has 0 spiro atoms. The Balaban J connectivity index is 1.72. The molecule has 8 heteroatoms. The highest BCUT2D eigenvalue weighted by molar-refractivity contribution is 7.89. The summed E-state index contributed by atoms with van der Waals surface area (Å²) < 4.78 is 39.1. The van der Waals surface area contributed by atoms with Crippen molar-refractivity contribution >= 4 is 15.9 Å². The van der Waals surface area contributed by atoms with Gasteiger partial charge in [0.2, 0.25) is 10.0 Å². The van der Waals surface area contributed by atoms with E-state index in [4.69, 9.17) is 9.47 Å². The number of amides is 1. The number of hydrogen-bond acceptors (Lipinski definition) is 5. The van der Waals surface area contributed by atoms with Gasteiger partial charge in [0.25, 0.3) is 5.91 Å². The molecule has 2 aliphatic heterocycles. The summed E-state index contributed by atoms with van der Waals surface area (Å²) in [6.45, 7) is 4.46. The molecular weight excluding hydrogens is 428 g/mol. The van der Waals surface area contributed by atoms with Crippen LogP contribution in [-0.4, -0.2) is 62.9 Å². The van der Waals surface area contributed by atoms with Gasteiger partial charge in [0.1, 0.15) is 18.5 Å². The van der Waals surface area contributed by atoms with Crippen molar-refractivity contribution in [1.82, 2.24) is 9.62 Å². The van der Waals surface area contributed by atoms with Gasteiger partial charge in [-0.2, -0.15) is 0 Å². The van der Waals surface area contributed by atoms with E-state index in [1.54, 1.807) is 18.7 Å². The number of sulfonamides is 1. The van der Waals surface area contributed by atoms with Crippen LogP contribution in [-0.2, 0) is 26.0 Å². The smallest absolute Gasteiger partial charge is 0.251 e. The van der Waals surface area contributed by atoms with Crippen LogP contribution in [0.5, 0.6) is 5.75 Å². The van der Waals surface area contributed by atoms with Crippen LogP contribution in [0.2, 0.25) is 0 Å². The lowest BCUT2D eigenvalue weighted by Crippen LogP contribution is -2.50. The van der Waals surface area contributed by atoms with E-state index in [2.05, 4.69) is 10.8 Å². The second-order valence-corrected chi connectivity index (χ2v) is 10.3. The number of benzene rings is 2. The summed E-state index contributed by atoms with van der Waals surface area (Å²) >= 11 is 0. The molecule has 2 aliphatic rings. The lowest BCUT2D eigenvalue weighted by atomic mass is 9.96. The van der Waals surface area contributed by atoms with Crippen molar-refractivity contribution in [3.63, 3.8) is 0 Å². The summed E-state index contributed by atoms with van der Waals surface area (Å²) in [5, 5.41) is 0. The van der Waals surface area contributed by atoms with Crippen molar-refractivity contribution in [2.45, 2.75) is 44.9 Å². The number of rotatable bonds is 3. The zero-order chi connectivity index (χ0) is 22.7. The largest absolute Gasteiger partial charge is 0.491 e. The van der Waals surface area contributed by atoms with Crippen LogP contribution < -0.4 is 9.46 Å². The highest BCUT2D eigenvalue weighted by Gasteiger charge is 2.40. The van der Waals surface area contributed by atoms with Crippen molar-refractivity contribution in [3.8, 4) is 16.9 Å². The third-order valence-electron chi connectivity index (χ3n) is 6.17. The van der Waals surface area contributed by atoms with Crippen molar-refractivity contribution in [2.24, 2.45) is 0 Å². The summed E-state index contributed by atoms with van der Waals surface area (Å²) in [4.78, 5) is 15.0. The number of nitrogens with one attached hydrogen (secondary N) is 1. The fourth-order valence-corrected chi connectivity index (χ4v) is 5.35. The molecule has 0 aromatic heterocycles. The molecule has 0 aliphatic carbocycles. The summed E-state index contributed by atoms with van der Waals surface area (Å²) in [6.07, 6.45) is 0.493. The molecule has 0 saturated carbocycles. The quantitative estimate of drug-likeness (QED) is 0.764. The van der Waals surface area contributed by atoms with Crippen LogP contribution in [0.4, 0.5) is 0 Å². The average molecular weight is 459 g/mol. The molecule has 2 heterocycles. The molecule has 2 bridgehead atoms. The van der Waals surface area contributed by atoms with Gasteiger partial charge >= 0.3 is 0 Å². The van der Waals surface area contributed by atoms with E-state index in [9.17, 15) is 13.2 Å². The summed E-state index contributed by atoms with van der Waals surface area (Å²) in [5.41, 5.74) is 3.04. The minimum atomic E-state index is -3.39. The van der Waals surface area contributed by atoms with Crippen molar-refractivity contribution in [3.05, 3.63) is 54.1 Å². The van der Waals surface area contributed by atoms with Gasteiger partial charge in [0.05, 0.1) is 18.4 Å². The highest BCUT2D eigenvalue weighted by Crippen LogP contribution is 2.32. The molecular formula is C24H30N2O5S. The van der Waals surface area contributed by atoms with E-state index in [0.29, 0.717) is 26.0 Å². The fraction of sp³-hybridized carbons (Fsp3) is 0.458. The summed E-state index contributed by atoms with van der Waals surface area (Å²) in [7, 11) is -3.39. The second kappa shape index (κ2) is 9.60. The molecule has 2 aromatic rings. The average Bonchev–Trinajstić information content (AvgIpc) is 3.17.